The van der Waals surface area contributed by atoms with Crippen molar-refractivity contribution < 1.29 is 47.9 Å². The molecular formula is C56H87N9O10. The number of nitrogens with one attached hydrogen (secondary N) is 2. The zero-order chi connectivity index (χ0) is 55.8. The van der Waals surface area contributed by atoms with Crippen molar-refractivity contribution >= 4 is 58.9 Å². The smallest absolute Gasteiger partial charge is 0.248 e. The first-order valence-electron chi connectivity index (χ1n) is 27.4. The van der Waals surface area contributed by atoms with Gasteiger partial charge in [0.2, 0.25) is 53.2 Å². The number of hydrogen-bond donors (Lipinski definition) is 2. The number of amides is 9. The van der Waals surface area contributed by atoms with Crippen LogP contribution in [0.1, 0.15) is 137 Å². The fraction of sp³-hybridized carbons (Fsp3) is 0.714. The quantitative estimate of drug-likeness (QED) is 0.368. The van der Waals surface area contributed by atoms with Crippen LogP contribution in [-0.4, -0.2) is 196 Å². The number of ketones is 1. The molecule has 0 bridgehead atoms. The topological polar surface area (TPSA) is 217 Å². The summed E-state index contributed by atoms with van der Waals surface area (Å²) in [6, 6.07) is -0.0394. The van der Waals surface area contributed by atoms with Gasteiger partial charge in [-0.25, -0.2) is 0 Å². The van der Waals surface area contributed by atoms with Gasteiger partial charge in [-0.1, -0.05) is 89.6 Å². The molecule has 2 heterocycles. The fourth-order valence-electron chi connectivity index (χ4n) is 11.6. The summed E-state index contributed by atoms with van der Waals surface area (Å²) in [5.74, 6) is -6.10. The van der Waals surface area contributed by atoms with Crippen molar-refractivity contribution in [1.29, 1.82) is 0 Å². The monoisotopic (exact) mass is 1050 g/mol. The molecule has 8 atom stereocenters. The van der Waals surface area contributed by atoms with Gasteiger partial charge >= 0.3 is 0 Å². The minimum absolute atomic E-state index is 0.0929. The van der Waals surface area contributed by atoms with Crippen LogP contribution in [0.25, 0.3) is 0 Å². The van der Waals surface area contributed by atoms with Crippen molar-refractivity contribution in [3.63, 3.8) is 0 Å². The lowest BCUT2D eigenvalue weighted by Gasteiger charge is -2.45. The van der Waals surface area contributed by atoms with Gasteiger partial charge in [-0.3, -0.25) is 47.9 Å². The van der Waals surface area contributed by atoms with E-state index in [-0.39, 0.29) is 50.6 Å². The molecule has 9 amide bonds. The van der Waals surface area contributed by atoms with E-state index in [2.05, 4.69) is 10.6 Å². The van der Waals surface area contributed by atoms with Crippen molar-refractivity contribution in [2.24, 2.45) is 17.8 Å². The van der Waals surface area contributed by atoms with E-state index in [4.69, 9.17) is 0 Å². The molecule has 2 N–H and O–H groups in total. The Balaban J connectivity index is 1.60. The van der Waals surface area contributed by atoms with E-state index in [0.29, 0.717) is 38.5 Å². The van der Waals surface area contributed by atoms with Crippen LogP contribution in [0.3, 0.4) is 0 Å². The highest BCUT2D eigenvalue weighted by atomic mass is 16.2. The molecule has 0 unspecified atom stereocenters. The standard InChI is InChI=1S/C56H87N9O10/c1-14-36(6)47-53(73)60(10)37(7)50(70)65-29-26-41(65)52(72)64(15-2)44(31-39-24-22-35(5)23-25-39)51(71)59(9)33-45(67)58-56(27-18-19-28-56)55(75)63(13)48(40-20-16-17-21-40)54(74)62(12)42(38(8)66)32-46(68)61(11)43(30-34(3)4)49(69)57-47/h22-25,34,36-37,40-44,47-48H,14-21,26-33H2,1-13H3,(H,57,69)(H,58,67)/t36-,37-,41-,42-,43-,44-,47-,48-/m0/s1. The number of nitrogens with zero attached hydrogens (tertiary/aromatic N) is 7. The summed E-state index contributed by atoms with van der Waals surface area (Å²) in [5, 5.41) is 5.94. The van der Waals surface area contributed by atoms with Gasteiger partial charge in [-0.05, 0) is 89.5 Å². The fourth-order valence-corrected chi connectivity index (χ4v) is 11.6. The molecule has 75 heavy (non-hydrogen) atoms. The summed E-state index contributed by atoms with van der Waals surface area (Å²) in [7, 11) is 7.41. The molecule has 1 spiro atoms. The first kappa shape index (κ1) is 60.0. The number of rotatable bonds is 9. The van der Waals surface area contributed by atoms with Crippen LogP contribution in [0.2, 0.25) is 0 Å². The Morgan fingerprint density at radius 1 is 0.733 bits per heavy atom. The predicted molar refractivity (Wildman–Crippen MR) is 283 cm³/mol. The molecular weight excluding hydrogens is 959 g/mol. The van der Waals surface area contributed by atoms with Crippen LogP contribution in [-0.2, 0) is 54.4 Å². The zero-order valence-electron chi connectivity index (χ0n) is 47.1. The van der Waals surface area contributed by atoms with Crippen LogP contribution < -0.4 is 10.6 Å². The number of Topliss-reactive ketones (excluding diaryl/α,β-unsaturated/α-hetero) is 1. The number of carbonyl (C=O) groups excluding carboxylic acids is 10. The van der Waals surface area contributed by atoms with E-state index in [9.17, 15) is 38.4 Å². The number of aryl methyl sites for hydroxylation is 1. The summed E-state index contributed by atoms with van der Waals surface area (Å²) in [4.78, 5) is 155. The van der Waals surface area contributed by atoms with E-state index in [1.54, 1.807) is 20.9 Å². The molecule has 4 fully saturated rings. The summed E-state index contributed by atoms with van der Waals surface area (Å²) in [6.45, 7) is 13.9. The molecule has 2 aliphatic carbocycles. The Hall–Kier alpha value is -5.88. The van der Waals surface area contributed by atoms with E-state index < -0.39 is 126 Å². The second kappa shape index (κ2) is 25.8. The summed E-state index contributed by atoms with van der Waals surface area (Å²) in [6.07, 6.45) is 5.34. The lowest BCUT2D eigenvalue weighted by atomic mass is 9.90. The Labute approximate surface area is 445 Å². The van der Waals surface area contributed by atoms with Gasteiger partial charge in [-0.2, -0.15) is 0 Å². The maximum Gasteiger partial charge on any atom is 0.248 e. The van der Waals surface area contributed by atoms with Crippen LogP contribution in [0.15, 0.2) is 24.3 Å². The van der Waals surface area contributed by atoms with Crippen LogP contribution >= 0.6 is 0 Å². The minimum atomic E-state index is -1.41. The van der Waals surface area contributed by atoms with Gasteiger partial charge < -0.3 is 44.9 Å². The van der Waals surface area contributed by atoms with Gasteiger partial charge in [0.15, 0.2) is 5.78 Å². The zero-order valence-corrected chi connectivity index (χ0v) is 47.1. The molecule has 2 saturated heterocycles. The third-order valence-corrected chi connectivity index (χ3v) is 16.8. The average molecular weight is 1050 g/mol. The Morgan fingerprint density at radius 2 is 1.35 bits per heavy atom. The number of hydrogen-bond acceptors (Lipinski definition) is 10. The largest absolute Gasteiger partial charge is 0.342 e. The number of benzene rings is 1. The van der Waals surface area contributed by atoms with Gasteiger partial charge in [0.05, 0.1) is 19.0 Å². The molecule has 1 aromatic carbocycles. The van der Waals surface area contributed by atoms with Gasteiger partial charge in [-0.15, -0.1) is 0 Å². The van der Waals surface area contributed by atoms with Crippen molar-refractivity contribution in [3.05, 3.63) is 35.4 Å². The molecule has 19 nitrogen and oxygen atoms in total. The maximum atomic E-state index is 15.1. The van der Waals surface area contributed by atoms with E-state index >= 15 is 9.59 Å². The highest BCUT2D eigenvalue weighted by Crippen LogP contribution is 2.36. The van der Waals surface area contributed by atoms with Gasteiger partial charge in [0.25, 0.3) is 0 Å². The second-order valence-corrected chi connectivity index (χ2v) is 22.5. The molecule has 0 radical (unpaired) electrons. The molecule has 5 rings (SSSR count). The van der Waals surface area contributed by atoms with Crippen molar-refractivity contribution in [3.8, 4) is 0 Å². The average Bonchev–Trinajstić information content (AvgIpc) is 4.08. The summed E-state index contributed by atoms with van der Waals surface area (Å²) in [5.41, 5.74) is 0.361. The third kappa shape index (κ3) is 13.6. The van der Waals surface area contributed by atoms with Gasteiger partial charge in [0.1, 0.15) is 41.8 Å². The summed E-state index contributed by atoms with van der Waals surface area (Å²) >= 11 is 0. The Morgan fingerprint density at radius 3 is 1.88 bits per heavy atom. The molecule has 19 heteroatoms. The molecule has 2 saturated carbocycles. The minimum Gasteiger partial charge on any atom is -0.342 e. The molecule has 4 aliphatic rings. The normalized spacial score (nSPS) is 27.7. The Bertz CT molecular complexity index is 2280. The Kier molecular flexibility index (Phi) is 20.6. The number of fused-ring (bicyclic) bond motifs is 1. The van der Waals surface area contributed by atoms with Gasteiger partial charge in [0, 0.05) is 54.7 Å². The highest BCUT2D eigenvalue weighted by Gasteiger charge is 2.50. The second-order valence-electron chi connectivity index (χ2n) is 22.5. The maximum absolute atomic E-state index is 15.1. The van der Waals surface area contributed by atoms with Crippen molar-refractivity contribution in [2.45, 2.75) is 187 Å². The van der Waals surface area contributed by atoms with Crippen molar-refractivity contribution in [1.82, 2.24) is 44.9 Å². The SMILES string of the molecule is CC[C@H](C)[C@@H]1NC(=O)[C@H](CC(C)C)N(C)C(=O)C[C@@H](C(C)=O)N(C)C(=O)[C@H](C2CCCC2)N(C)C(=O)C2(CCCC2)NC(=O)CN(C)C(=O)[C@H](Cc2ccc(C)cc2)N(CC)C(=O)[C@@H]2CCN2C(=O)[C@H](C)N(C)C1=O. The van der Waals surface area contributed by atoms with Crippen molar-refractivity contribution in [2.75, 3.05) is 54.9 Å². The van der Waals surface area contributed by atoms with Crippen LogP contribution in [0.5, 0.6) is 0 Å². The first-order valence-corrected chi connectivity index (χ1v) is 27.4. The van der Waals surface area contributed by atoms with E-state index in [1.807, 2.05) is 58.9 Å². The third-order valence-electron chi connectivity index (χ3n) is 16.8. The molecule has 2 aliphatic heterocycles. The first-order chi connectivity index (χ1) is 35.3. The van der Waals surface area contributed by atoms with Crippen LogP contribution in [0.4, 0.5) is 0 Å². The number of likely N-dealkylation sites (N-methyl/N-ethyl adjacent to an activating group) is 6. The van der Waals surface area contributed by atoms with E-state index in [0.717, 1.165) is 24.0 Å². The lowest BCUT2D eigenvalue weighted by molar-refractivity contribution is -0.161. The highest BCUT2D eigenvalue weighted by molar-refractivity contribution is 6.00. The van der Waals surface area contributed by atoms with Crippen LogP contribution in [0, 0.1) is 24.7 Å². The summed E-state index contributed by atoms with van der Waals surface area (Å²) < 4.78 is 0. The molecule has 0 aromatic heterocycles. The molecule has 416 valence electrons. The lowest BCUT2D eigenvalue weighted by Crippen LogP contribution is -2.66. The molecule has 1 aromatic rings. The predicted octanol–water partition coefficient (Wildman–Crippen LogP) is 3.33. The number of carbonyl (C=O) groups is 10. The van der Waals surface area contributed by atoms with E-state index in [1.165, 1.54) is 69.4 Å².